The Balaban J connectivity index is 1.55. The molecule has 1 amide bonds. The highest BCUT2D eigenvalue weighted by molar-refractivity contribution is 5.90. The van der Waals surface area contributed by atoms with Gasteiger partial charge in [-0.3, -0.25) is 4.79 Å². The van der Waals surface area contributed by atoms with Crippen LogP contribution in [0, 0.1) is 11.6 Å². The minimum Gasteiger partial charge on any atom is -0.325 e. The Morgan fingerprint density at radius 3 is 2.71 bits per heavy atom. The van der Waals surface area contributed by atoms with E-state index >= 15 is 0 Å². The molecule has 3 aromatic rings. The van der Waals surface area contributed by atoms with Gasteiger partial charge in [0.15, 0.2) is 17.5 Å². The minimum atomic E-state index is -0.911. The molecule has 5 nitrogen and oxygen atoms in total. The maximum absolute atomic E-state index is 13.1. The van der Waals surface area contributed by atoms with Crippen LogP contribution >= 0.6 is 0 Å². The minimum absolute atomic E-state index is 0.159. The Hall–Kier alpha value is -3.09. The van der Waals surface area contributed by atoms with Crippen LogP contribution in [0.2, 0.25) is 0 Å². The molecule has 0 radical (unpaired) electrons. The van der Waals surface area contributed by atoms with E-state index in [0.29, 0.717) is 23.5 Å². The van der Waals surface area contributed by atoms with E-state index < -0.39 is 11.6 Å². The van der Waals surface area contributed by atoms with Crippen LogP contribution < -0.4 is 5.32 Å². The third kappa shape index (κ3) is 3.81. The van der Waals surface area contributed by atoms with Crippen LogP contribution in [0.3, 0.4) is 0 Å². The monoisotopic (exact) mass is 328 g/mol. The SMILES string of the molecule is O=C(CCc1ccc(F)c(F)c1)Nc1ccc(-n2cccn2)nc1. The Kier molecular flexibility index (Phi) is 4.60. The van der Waals surface area contributed by atoms with Crippen molar-refractivity contribution in [2.45, 2.75) is 12.8 Å². The fraction of sp³-hybridized carbons (Fsp3) is 0.118. The maximum atomic E-state index is 13.1. The number of halogens is 2. The lowest BCUT2D eigenvalue weighted by atomic mass is 10.1. The summed E-state index contributed by atoms with van der Waals surface area (Å²) in [7, 11) is 0. The van der Waals surface area contributed by atoms with Gasteiger partial charge in [-0.25, -0.2) is 18.4 Å². The van der Waals surface area contributed by atoms with Crippen molar-refractivity contribution in [1.29, 1.82) is 0 Å². The summed E-state index contributed by atoms with van der Waals surface area (Å²) < 4.78 is 27.6. The van der Waals surface area contributed by atoms with Gasteiger partial charge in [0.2, 0.25) is 5.91 Å². The van der Waals surface area contributed by atoms with Crippen molar-refractivity contribution in [3.8, 4) is 5.82 Å². The van der Waals surface area contributed by atoms with E-state index in [1.807, 2.05) is 0 Å². The summed E-state index contributed by atoms with van der Waals surface area (Å²) in [5.74, 6) is -1.40. The molecule has 2 heterocycles. The summed E-state index contributed by atoms with van der Waals surface area (Å²) in [6, 6.07) is 8.86. The summed E-state index contributed by atoms with van der Waals surface area (Å²) in [5, 5.41) is 6.77. The average Bonchev–Trinajstić information content (AvgIpc) is 3.11. The Morgan fingerprint density at radius 1 is 1.17 bits per heavy atom. The van der Waals surface area contributed by atoms with Gasteiger partial charge in [-0.2, -0.15) is 5.10 Å². The Morgan fingerprint density at radius 2 is 2.04 bits per heavy atom. The van der Waals surface area contributed by atoms with Gasteiger partial charge in [0, 0.05) is 18.8 Å². The molecule has 24 heavy (non-hydrogen) atoms. The standard InChI is InChI=1S/C17H14F2N4O/c18-14-5-2-12(10-15(14)19)3-7-17(24)22-13-4-6-16(20-11-13)23-9-1-8-21-23/h1-2,4-6,8-11H,3,7H2,(H,22,24). The normalized spacial score (nSPS) is 10.6. The Bertz CT molecular complexity index is 832. The van der Waals surface area contributed by atoms with Crippen molar-refractivity contribution >= 4 is 11.6 Å². The fourth-order valence-electron chi connectivity index (χ4n) is 2.18. The molecule has 0 fully saturated rings. The third-order valence-electron chi connectivity index (χ3n) is 3.40. The third-order valence-corrected chi connectivity index (χ3v) is 3.40. The molecule has 7 heteroatoms. The van der Waals surface area contributed by atoms with Gasteiger partial charge in [0.05, 0.1) is 11.9 Å². The largest absolute Gasteiger partial charge is 0.325 e. The van der Waals surface area contributed by atoms with Gasteiger partial charge in [0.1, 0.15) is 0 Å². The van der Waals surface area contributed by atoms with Crippen LogP contribution in [0.4, 0.5) is 14.5 Å². The number of hydrogen-bond acceptors (Lipinski definition) is 3. The van der Waals surface area contributed by atoms with E-state index in [-0.39, 0.29) is 12.3 Å². The number of carbonyl (C=O) groups excluding carboxylic acids is 1. The Labute approximate surface area is 137 Å². The van der Waals surface area contributed by atoms with Crippen LogP contribution in [0.5, 0.6) is 0 Å². The summed E-state index contributed by atoms with van der Waals surface area (Å²) in [4.78, 5) is 16.1. The van der Waals surface area contributed by atoms with Crippen molar-refractivity contribution < 1.29 is 13.6 Å². The van der Waals surface area contributed by atoms with Gasteiger partial charge < -0.3 is 5.32 Å². The van der Waals surface area contributed by atoms with Crippen LogP contribution in [-0.2, 0) is 11.2 Å². The molecule has 0 aliphatic rings. The summed E-state index contributed by atoms with van der Waals surface area (Å²) in [5.41, 5.74) is 1.12. The fourth-order valence-corrected chi connectivity index (χ4v) is 2.18. The number of benzene rings is 1. The molecule has 0 aliphatic heterocycles. The molecular weight excluding hydrogens is 314 g/mol. The topological polar surface area (TPSA) is 59.8 Å². The van der Waals surface area contributed by atoms with Crippen LogP contribution in [0.1, 0.15) is 12.0 Å². The lowest BCUT2D eigenvalue weighted by Gasteiger charge is -2.06. The molecule has 3 rings (SSSR count). The first-order chi connectivity index (χ1) is 11.6. The predicted octanol–water partition coefficient (Wildman–Crippen LogP) is 3.12. The van der Waals surface area contributed by atoms with E-state index in [1.54, 1.807) is 35.3 Å². The van der Waals surface area contributed by atoms with Crippen molar-refractivity contribution in [2.24, 2.45) is 0 Å². The second kappa shape index (κ2) is 6.99. The molecular formula is C17H14F2N4O. The second-order valence-corrected chi connectivity index (χ2v) is 5.15. The average molecular weight is 328 g/mol. The number of amides is 1. The van der Waals surface area contributed by atoms with E-state index in [2.05, 4.69) is 15.4 Å². The number of carbonyl (C=O) groups is 1. The zero-order valence-electron chi connectivity index (χ0n) is 12.6. The number of hydrogen-bond donors (Lipinski definition) is 1. The number of aryl methyl sites for hydroxylation is 1. The van der Waals surface area contributed by atoms with Crippen molar-refractivity contribution in [2.75, 3.05) is 5.32 Å². The molecule has 0 spiro atoms. The first kappa shape index (κ1) is 15.8. The van der Waals surface area contributed by atoms with E-state index in [1.165, 1.54) is 12.3 Å². The lowest BCUT2D eigenvalue weighted by molar-refractivity contribution is -0.116. The van der Waals surface area contributed by atoms with Crippen LogP contribution in [0.25, 0.3) is 5.82 Å². The van der Waals surface area contributed by atoms with Gasteiger partial charge in [-0.05, 0) is 42.3 Å². The second-order valence-electron chi connectivity index (χ2n) is 5.15. The van der Waals surface area contributed by atoms with E-state index in [9.17, 15) is 13.6 Å². The highest BCUT2D eigenvalue weighted by Crippen LogP contribution is 2.12. The number of nitrogens with one attached hydrogen (secondary N) is 1. The molecule has 0 atom stereocenters. The number of nitrogens with zero attached hydrogens (tertiary/aromatic N) is 3. The summed E-state index contributed by atoms with van der Waals surface area (Å²) in [6.45, 7) is 0. The molecule has 0 bridgehead atoms. The molecule has 2 aromatic heterocycles. The number of pyridine rings is 1. The van der Waals surface area contributed by atoms with Gasteiger partial charge >= 0.3 is 0 Å². The van der Waals surface area contributed by atoms with Crippen LogP contribution in [-0.4, -0.2) is 20.7 Å². The molecule has 0 saturated heterocycles. The van der Waals surface area contributed by atoms with Gasteiger partial charge in [0.25, 0.3) is 0 Å². The van der Waals surface area contributed by atoms with E-state index in [4.69, 9.17) is 0 Å². The summed E-state index contributed by atoms with van der Waals surface area (Å²) in [6.07, 6.45) is 5.43. The number of rotatable bonds is 5. The number of aromatic nitrogens is 3. The van der Waals surface area contributed by atoms with Crippen LogP contribution in [0.15, 0.2) is 55.0 Å². The first-order valence-corrected chi connectivity index (χ1v) is 7.32. The lowest BCUT2D eigenvalue weighted by Crippen LogP contribution is -2.13. The molecule has 0 saturated carbocycles. The quantitative estimate of drug-likeness (QED) is 0.783. The van der Waals surface area contributed by atoms with Crippen molar-refractivity contribution in [3.63, 3.8) is 0 Å². The summed E-state index contributed by atoms with van der Waals surface area (Å²) >= 11 is 0. The zero-order chi connectivity index (χ0) is 16.9. The van der Waals surface area contributed by atoms with Crippen molar-refractivity contribution in [1.82, 2.24) is 14.8 Å². The van der Waals surface area contributed by atoms with Crippen molar-refractivity contribution in [3.05, 3.63) is 72.2 Å². The van der Waals surface area contributed by atoms with Gasteiger partial charge in [-0.1, -0.05) is 6.07 Å². The highest BCUT2D eigenvalue weighted by atomic mass is 19.2. The smallest absolute Gasteiger partial charge is 0.224 e. The maximum Gasteiger partial charge on any atom is 0.224 e. The van der Waals surface area contributed by atoms with E-state index in [0.717, 1.165) is 12.1 Å². The molecule has 0 unspecified atom stereocenters. The molecule has 122 valence electrons. The highest BCUT2D eigenvalue weighted by Gasteiger charge is 2.07. The zero-order valence-corrected chi connectivity index (χ0v) is 12.6. The predicted molar refractivity (Wildman–Crippen MR) is 84.7 cm³/mol. The number of anilines is 1. The first-order valence-electron chi connectivity index (χ1n) is 7.32. The van der Waals surface area contributed by atoms with Gasteiger partial charge in [-0.15, -0.1) is 0 Å². The molecule has 1 aromatic carbocycles. The molecule has 0 aliphatic carbocycles. The molecule has 1 N–H and O–H groups in total.